The van der Waals surface area contributed by atoms with Crippen LogP contribution in [0.15, 0.2) is 41.5 Å². The summed E-state index contributed by atoms with van der Waals surface area (Å²) in [5.74, 6) is -0.448. The Hall–Kier alpha value is -1.59. The summed E-state index contributed by atoms with van der Waals surface area (Å²) >= 11 is 1.47. The summed E-state index contributed by atoms with van der Waals surface area (Å²) in [6, 6.07) is 10.4. The van der Waals surface area contributed by atoms with Crippen LogP contribution in [-0.4, -0.2) is 34.2 Å². The maximum absolute atomic E-state index is 11.4. The predicted octanol–water partition coefficient (Wildman–Crippen LogP) is 1.77. The van der Waals surface area contributed by atoms with Crippen molar-refractivity contribution < 1.29 is 4.79 Å². The molecule has 0 aliphatic carbocycles. The maximum Gasteiger partial charge on any atom is 0.251 e. The minimum Gasteiger partial charge on any atom is -0.366 e. The highest BCUT2D eigenvalue weighted by Gasteiger charge is 2.36. The van der Waals surface area contributed by atoms with Gasteiger partial charge in [0.15, 0.2) is 0 Å². The van der Waals surface area contributed by atoms with Gasteiger partial charge < -0.3 is 5.73 Å². The summed E-state index contributed by atoms with van der Waals surface area (Å²) in [5, 5.41) is 8.48. The Bertz CT molecular complexity index is 582. The number of nitrogens with one attached hydrogen (secondary N) is 1. The van der Waals surface area contributed by atoms with Crippen LogP contribution in [0.5, 0.6) is 0 Å². The van der Waals surface area contributed by atoms with E-state index in [-0.39, 0.29) is 5.25 Å². The lowest BCUT2D eigenvalue weighted by Gasteiger charge is -2.31. The smallest absolute Gasteiger partial charge is 0.251 e. The molecule has 1 saturated heterocycles. The molecule has 2 heterocycles. The number of amides is 1. The van der Waals surface area contributed by atoms with E-state index in [0.717, 1.165) is 31.6 Å². The van der Waals surface area contributed by atoms with Crippen molar-refractivity contribution in [3.05, 3.63) is 47.0 Å². The SMILES string of the molecule is N=C1S[C@H]2CN(Cc3ccccc3)CCC2=C1C(N)=O. The molecule has 4 nitrogen and oxygen atoms in total. The van der Waals surface area contributed by atoms with Crippen LogP contribution >= 0.6 is 11.8 Å². The van der Waals surface area contributed by atoms with E-state index in [1.54, 1.807) is 0 Å². The summed E-state index contributed by atoms with van der Waals surface area (Å²) in [4.78, 5) is 13.8. The van der Waals surface area contributed by atoms with Crippen LogP contribution in [0.3, 0.4) is 0 Å². The number of primary amides is 1. The number of hydrogen-bond donors (Lipinski definition) is 2. The van der Waals surface area contributed by atoms with Gasteiger partial charge in [-0.25, -0.2) is 0 Å². The molecule has 20 heavy (non-hydrogen) atoms. The van der Waals surface area contributed by atoms with Crippen molar-refractivity contribution in [2.75, 3.05) is 13.1 Å². The van der Waals surface area contributed by atoms with E-state index >= 15 is 0 Å². The molecule has 1 aromatic carbocycles. The summed E-state index contributed by atoms with van der Waals surface area (Å²) in [6.07, 6.45) is 0.838. The number of carbonyl (C=O) groups excluding carboxylic acids is 1. The van der Waals surface area contributed by atoms with Crippen molar-refractivity contribution in [2.45, 2.75) is 18.2 Å². The third-order valence-corrected chi connectivity index (χ3v) is 4.97. The Morgan fingerprint density at radius 3 is 2.85 bits per heavy atom. The van der Waals surface area contributed by atoms with Crippen LogP contribution in [0, 0.1) is 5.41 Å². The first kappa shape index (κ1) is 13.4. The lowest BCUT2D eigenvalue weighted by atomic mass is 9.97. The zero-order valence-electron chi connectivity index (χ0n) is 11.1. The molecule has 1 fully saturated rings. The number of nitrogens with zero attached hydrogens (tertiary/aromatic N) is 1. The molecular weight excluding hydrogens is 270 g/mol. The normalized spacial score (nSPS) is 23.0. The number of rotatable bonds is 3. The van der Waals surface area contributed by atoms with Crippen molar-refractivity contribution in [2.24, 2.45) is 5.73 Å². The van der Waals surface area contributed by atoms with Crippen molar-refractivity contribution >= 4 is 22.7 Å². The maximum atomic E-state index is 11.4. The molecule has 104 valence electrons. The van der Waals surface area contributed by atoms with Crippen LogP contribution in [0.25, 0.3) is 0 Å². The van der Waals surface area contributed by atoms with Gasteiger partial charge in [-0.2, -0.15) is 0 Å². The van der Waals surface area contributed by atoms with Crippen molar-refractivity contribution in [3.63, 3.8) is 0 Å². The van der Waals surface area contributed by atoms with Gasteiger partial charge in [0.05, 0.1) is 5.57 Å². The fourth-order valence-corrected chi connectivity index (χ4v) is 4.17. The van der Waals surface area contributed by atoms with Gasteiger partial charge in [0, 0.05) is 24.9 Å². The molecule has 0 radical (unpaired) electrons. The van der Waals surface area contributed by atoms with E-state index in [1.807, 2.05) is 6.07 Å². The fraction of sp³-hybridized carbons (Fsp3) is 0.333. The molecule has 3 rings (SSSR count). The van der Waals surface area contributed by atoms with Crippen molar-refractivity contribution in [1.82, 2.24) is 4.90 Å². The van der Waals surface area contributed by atoms with E-state index in [0.29, 0.717) is 10.6 Å². The van der Waals surface area contributed by atoms with E-state index in [2.05, 4.69) is 29.2 Å². The van der Waals surface area contributed by atoms with E-state index in [9.17, 15) is 4.79 Å². The average molecular weight is 287 g/mol. The molecule has 3 N–H and O–H groups in total. The zero-order chi connectivity index (χ0) is 14.1. The first-order valence-electron chi connectivity index (χ1n) is 6.70. The molecule has 0 saturated carbocycles. The molecule has 2 aliphatic rings. The Labute approximate surface area is 122 Å². The molecule has 1 aromatic rings. The summed E-state index contributed by atoms with van der Waals surface area (Å²) < 4.78 is 0. The first-order chi connectivity index (χ1) is 9.65. The number of benzene rings is 1. The van der Waals surface area contributed by atoms with Gasteiger partial charge in [-0.15, -0.1) is 0 Å². The second-order valence-corrected chi connectivity index (χ2v) is 6.38. The summed E-state index contributed by atoms with van der Waals surface area (Å²) in [5.41, 5.74) is 8.24. The molecule has 1 atom stereocenters. The first-order valence-corrected chi connectivity index (χ1v) is 7.58. The Morgan fingerprint density at radius 1 is 1.40 bits per heavy atom. The Kier molecular flexibility index (Phi) is 3.63. The number of piperidine rings is 1. The van der Waals surface area contributed by atoms with Gasteiger partial charge in [-0.3, -0.25) is 15.1 Å². The molecule has 0 spiro atoms. The fourth-order valence-electron chi connectivity index (χ4n) is 2.87. The van der Waals surface area contributed by atoms with E-state index in [1.165, 1.54) is 17.3 Å². The minimum absolute atomic E-state index is 0.225. The van der Waals surface area contributed by atoms with E-state index in [4.69, 9.17) is 11.1 Å². The van der Waals surface area contributed by atoms with Crippen LogP contribution in [0.1, 0.15) is 12.0 Å². The number of likely N-dealkylation sites (tertiary alicyclic amines) is 1. The zero-order valence-corrected chi connectivity index (χ0v) is 12.0. The van der Waals surface area contributed by atoms with Crippen LogP contribution in [0.2, 0.25) is 0 Å². The molecule has 0 aromatic heterocycles. The number of nitrogens with two attached hydrogens (primary N) is 1. The number of fused-ring (bicyclic) bond motifs is 1. The van der Waals surface area contributed by atoms with Gasteiger partial charge in [0.2, 0.25) is 0 Å². The molecule has 5 heteroatoms. The largest absolute Gasteiger partial charge is 0.366 e. The monoisotopic (exact) mass is 287 g/mol. The third kappa shape index (κ3) is 2.51. The lowest BCUT2D eigenvalue weighted by molar-refractivity contribution is -0.114. The van der Waals surface area contributed by atoms with Crippen molar-refractivity contribution in [3.8, 4) is 0 Å². The standard InChI is InChI=1S/C15H17N3OS/c16-14(19)13-11-6-7-18(9-12(11)20-15(13)17)8-10-4-2-1-3-5-10/h1-5,12,17H,6-9H2,(H2,16,19)/t12-/m0/s1. The highest BCUT2D eigenvalue weighted by molar-refractivity contribution is 8.15. The van der Waals surface area contributed by atoms with Gasteiger partial charge in [0.25, 0.3) is 5.91 Å². The number of thioether (sulfide) groups is 1. The predicted molar refractivity (Wildman–Crippen MR) is 81.7 cm³/mol. The Balaban J connectivity index is 1.72. The topological polar surface area (TPSA) is 70.2 Å². The molecule has 0 bridgehead atoms. The van der Waals surface area contributed by atoms with Gasteiger partial charge in [0.1, 0.15) is 5.04 Å². The second kappa shape index (κ2) is 5.42. The summed E-state index contributed by atoms with van der Waals surface area (Å²) in [7, 11) is 0. The van der Waals surface area contributed by atoms with Crippen molar-refractivity contribution in [1.29, 1.82) is 5.41 Å². The minimum atomic E-state index is -0.448. The second-order valence-electron chi connectivity index (χ2n) is 5.17. The molecule has 0 unspecified atom stereocenters. The number of hydrogen-bond acceptors (Lipinski definition) is 4. The highest BCUT2D eigenvalue weighted by atomic mass is 32.2. The van der Waals surface area contributed by atoms with Crippen LogP contribution in [0.4, 0.5) is 0 Å². The van der Waals surface area contributed by atoms with Gasteiger partial charge in [-0.1, -0.05) is 42.1 Å². The van der Waals surface area contributed by atoms with Gasteiger partial charge >= 0.3 is 0 Å². The quantitative estimate of drug-likeness (QED) is 0.890. The number of carbonyl (C=O) groups is 1. The van der Waals surface area contributed by atoms with E-state index < -0.39 is 5.91 Å². The Morgan fingerprint density at radius 2 is 2.15 bits per heavy atom. The summed E-state index contributed by atoms with van der Waals surface area (Å²) in [6.45, 7) is 2.73. The third-order valence-electron chi connectivity index (χ3n) is 3.81. The van der Waals surface area contributed by atoms with Crippen LogP contribution < -0.4 is 5.73 Å². The average Bonchev–Trinajstić information content (AvgIpc) is 2.75. The lowest BCUT2D eigenvalue weighted by Crippen LogP contribution is -2.37. The van der Waals surface area contributed by atoms with Crippen LogP contribution in [-0.2, 0) is 11.3 Å². The van der Waals surface area contributed by atoms with Gasteiger partial charge in [-0.05, 0) is 17.6 Å². The molecule has 1 amide bonds. The molecular formula is C15H17N3OS. The molecule has 2 aliphatic heterocycles. The highest BCUT2D eigenvalue weighted by Crippen LogP contribution is 2.39.